The molecule has 0 aliphatic heterocycles. The van der Waals surface area contributed by atoms with Gasteiger partial charge in [0.05, 0.1) is 5.69 Å². The third kappa shape index (κ3) is 7.67. The predicted molar refractivity (Wildman–Crippen MR) is 141 cm³/mol. The maximum atomic E-state index is 12.9. The first-order valence-electron chi connectivity index (χ1n) is 12.5. The highest BCUT2D eigenvalue weighted by Crippen LogP contribution is 2.30. The summed E-state index contributed by atoms with van der Waals surface area (Å²) in [6.07, 6.45) is 3.13. The molecular weight excluding hydrogens is 460 g/mol. The van der Waals surface area contributed by atoms with E-state index in [0.29, 0.717) is 12.4 Å². The van der Waals surface area contributed by atoms with Gasteiger partial charge in [-0.15, -0.1) is 0 Å². The Morgan fingerprint density at radius 2 is 1.80 bits per heavy atom. The van der Waals surface area contributed by atoms with Crippen molar-refractivity contribution >= 4 is 25.8 Å². The number of hydrogen-bond donors (Lipinski definition) is 2. The summed E-state index contributed by atoms with van der Waals surface area (Å²) in [5.74, 6) is -0.335. The van der Waals surface area contributed by atoms with E-state index < -0.39 is 20.3 Å². The lowest BCUT2D eigenvalue weighted by Gasteiger charge is -2.28. The standard InChI is InChI=1S/C26H40N4O4Si/c1-18-23(19(2)30(29-18)17-33-15-16-35(3,4)5)20-11-13-22(14-12-20)28-25(31)24(34-26(27)32)21-9-7-6-8-10-21/h11-14,21,24H,6-10,15-17H2,1-5H3,(H2,27,32)(H,28,31). The normalized spacial score (nSPS) is 15.6. The van der Waals surface area contributed by atoms with Crippen LogP contribution in [0.1, 0.15) is 43.5 Å². The molecule has 0 radical (unpaired) electrons. The van der Waals surface area contributed by atoms with E-state index in [-0.39, 0.29) is 11.8 Å². The van der Waals surface area contributed by atoms with Gasteiger partial charge in [-0.05, 0) is 50.4 Å². The number of carbonyl (C=O) groups is 2. The second-order valence-electron chi connectivity index (χ2n) is 10.7. The summed E-state index contributed by atoms with van der Waals surface area (Å²) >= 11 is 0. The molecule has 9 heteroatoms. The van der Waals surface area contributed by atoms with Crippen molar-refractivity contribution in [3.05, 3.63) is 35.7 Å². The summed E-state index contributed by atoms with van der Waals surface area (Å²) in [6, 6.07) is 8.77. The van der Waals surface area contributed by atoms with E-state index in [1.165, 1.54) is 0 Å². The molecular formula is C26H40N4O4Si. The fourth-order valence-electron chi connectivity index (χ4n) is 4.63. The predicted octanol–water partition coefficient (Wildman–Crippen LogP) is 5.46. The Morgan fingerprint density at radius 1 is 1.14 bits per heavy atom. The molecule has 2 amide bonds. The Hall–Kier alpha value is -2.65. The number of benzene rings is 1. The molecule has 1 aromatic heterocycles. The van der Waals surface area contributed by atoms with Gasteiger partial charge >= 0.3 is 6.09 Å². The third-order valence-corrected chi connectivity index (χ3v) is 8.32. The number of rotatable bonds is 10. The van der Waals surface area contributed by atoms with Gasteiger partial charge in [-0.1, -0.05) is 51.0 Å². The van der Waals surface area contributed by atoms with Crippen molar-refractivity contribution < 1.29 is 19.1 Å². The van der Waals surface area contributed by atoms with Crippen LogP contribution in [0.25, 0.3) is 11.1 Å². The molecule has 2 aromatic rings. The molecule has 0 bridgehead atoms. The second-order valence-corrected chi connectivity index (χ2v) is 16.3. The third-order valence-electron chi connectivity index (χ3n) is 6.61. The fourth-order valence-corrected chi connectivity index (χ4v) is 5.39. The van der Waals surface area contributed by atoms with E-state index >= 15 is 0 Å². The maximum absolute atomic E-state index is 12.9. The van der Waals surface area contributed by atoms with Crippen molar-refractivity contribution in [2.24, 2.45) is 11.7 Å². The smallest absolute Gasteiger partial charge is 0.405 e. The van der Waals surface area contributed by atoms with E-state index in [4.69, 9.17) is 15.2 Å². The van der Waals surface area contributed by atoms with Crippen LogP contribution in [-0.2, 0) is 21.0 Å². The minimum absolute atomic E-state index is 0.000350. The van der Waals surface area contributed by atoms with Crippen molar-refractivity contribution in [2.45, 2.75) is 84.5 Å². The number of aryl methyl sites for hydroxylation is 1. The molecule has 3 rings (SSSR count). The number of nitrogens with two attached hydrogens (primary N) is 1. The monoisotopic (exact) mass is 500 g/mol. The van der Waals surface area contributed by atoms with Gasteiger partial charge < -0.3 is 20.5 Å². The van der Waals surface area contributed by atoms with Crippen LogP contribution in [0.2, 0.25) is 25.7 Å². The quantitative estimate of drug-likeness (QED) is 0.332. The Kier molecular flexibility index (Phi) is 9.13. The number of anilines is 1. The lowest BCUT2D eigenvalue weighted by Crippen LogP contribution is -2.40. The molecule has 35 heavy (non-hydrogen) atoms. The van der Waals surface area contributed by atoms with Crippen molar-refractivity contribution in [3.63, 3.8) is 0 Å². The van der Waals surface area contributed by atoms with Crippen molar-refractivity contribution in [2.75, 3.05) is 11.9 Å². The number of aromatic nitrogens is 2. The van der Waals surface area contributed by atoms with Crippen LogP contribution in [-0.4, -0.2) is 42.6 Å². The molecule has 1 saturated carbocycles. The molecule has 0 saturated heterocycles. The molecule has 1 aliphatic rings. The summed E-state index contributed by atoms with van der Waals surface area (Å²) in [4.78, 5) is 24.3. The van der Waals surface area contributed by atoms with Crippen LogP contribution >= 0.6 is 0 Å². The van der Waals surface area contributed by atoms with Crippen LogP contribution < -0.4 is 11.1 Å². The van der Waals surface area contributed by atoms with E-state index in [1.807, 2.05) is 42.8 Å². The molecule has 1 atom stereocenters. The Balaban J connectivity index is 1.66. The number of ether oxygens (including phenoxy) is 2. The maximum Gasteiger partial charge on any atom is 0.405 e. The first kappa shape index (κ1) is 26.9. The molecule has 8 nitrogen and oxygen atoms in total. The van der Waals surface area contributed by atoms with E-state index in [1.54, 1.807) is 0 Å². The summed E-state index contributed by atoms with van der Waals surface area (Å²) < 4.78 is 13.0. The van der Waals surface area contributed by atoms with Crippen LogP contribution in [0.4, 0.5) is 10.5 Å². The van der Waals surface area contributed by atoms with Gasteiger partial charge in [0.2, 0.25) is 0 Å². The summed E-state index contributed by atoms with van der Waals surface area (Å²) in [7, 11) is -1.13. The molecule has 3 N–H and O–H groups in total. The fraction of sp³-hybridized carbons (Fsp3) is 0.577. The largest absolute Gasteiger partial charge is 0.436 e. The SMILES string of the molecule is Cc1nn(COCC[Si](C)(C)C)c(C)c1-c1ccc(NC(=O)C(OC(N)=O)C2CCCCC2)cc1. The van der Waals surface area contributed by atoms with Crippen molar-refractivity contribution in [1.29, 1.82) is 0 Å². The zero-order valence-corrected chi connectivity index (χ0v) is 22.7. The topological polar surface area (TPSA) is 108 Å². The number of carbonyl (C=O) groups excluding carboxylic acids is 2. The lowest BCUT2D eigenvalue weighted by molar-refractivity contribution is -0.127. The summed E-state index contributed by atoms with van der Waals surface area (Å²) in [6.45, 7) is 12.2. The highest BCUT2D eigenvalue weighted by Gasteiger charge is 2.32. The lowest BCUT2D eigenvalue weighted by atomic mass is 9.85. The number of nitrogens with zero attached hydrogens (tertiary/aromatic N) is 2. The van der Waals surface area contributed by atoms with Gasteiger partial charge in [0, 0.05) is 37.5 Å². The van der Waals surface area contributed by atoms with Gasteiger partial charge in [0.1, 0.15) is 6.73 Å². The van der Waals surface area contributed by atoms with Gasteiger partial charge in [-0.25, -0.2) is 9.48 Å². The Morgan fingerprint density at radius 3 is 2.40 bits per heavy atom. The highest BCUT2D eigenvalue weighted by molar-refractivity contribution is 6.76. The average Bonchev–Trinajstić information content (AvgIpc) is 3.08. The summed E-state index contributed by atoms with van der Waals surface area (Å²) in [5.41, 5.74) is 9.94. The van der Waals surface area contributed by atoms with Gasteiger partial charge in [-0.3, -0.25) is 4.79 Å². The van der Waals surface area contributed by atoms with Crippen molar-refractivity contribution in [3.8, 4) is 11.1 Å². The zero-order valence-electron chi connectivity index (χ0n) is 21.7. The van der Waals surface area contributed by atoms with Crippen LogP contribution in [0.5, 0.6) is 0 Å². The summed E-state index contributed by atoms with van der Waals surface area (Å²) in [5, 5.41) is 7.56. The molecule has 1 fully saturated rings. The molecule has 1 aliphatic carbocycles. The number of nitrogens with one attached hydrogen (secondary N) is 1. The number of amides is 2. The van der Waals surface area contributed by atoms with Crippen LogP contribution in [0, 0.1) is 19.8 Å². The van der Waals surface area contributed by atoms with Gasteiger partial charge in [0.25, 0.3) is 5.91 Å². The molecule has 1 heterocycles. The van der Waals surface area contributed by atoms with E-state index in [9.17, 15) is 9.59 Å². The molecule has 192 valence electrons. The molecule has 1 aromatic carbocycles. The van der Waals surface area contributed by atoms with Crippen molar-refractivity contribution in [1.82, 2.24) is 9.78 Å². The van der Waals surface area contributed by atoms with Crippen LogP contribution in [0.15, 0.2) is 24.3 Å². The number of hydrogen-bond acceptors (Lipinski definition) is 5. The van der Waals surface area contributed by atoms with Gasteiger partial charge in [0.15, 0.2) is 6.10 Å². The molecule has 0 spiro atoms. The Bertz CT molecular complexity index is 1010. The minimum Gasteiger partial charge on any atom is -0.436 e. The Labute approximate surface area is 209 Å². The van der Waals surface area contributed by atoms with E-state index in [2.05, 4.69) is 30.1 Å². The first-order valence-corrected chi connectivity index (χ1v) is 16.2. The highest BCUT2D eigenvalue weighted by atomic mass is 28.3. The number of primary amides is 1. The zero-order chi connectivity index (χ0) is 25.6. The second kappa shape index (κ2) is 11.9. The first-order chi connectivity index (χ1) is 16.5. The average molecular weight is 501 g/mol. The minimum atomic E-state index is -1.13. The van der Waals surface area contributed by atoms with E-state index in [0.717, 1.165) is 67.3 Å². The molecule has 1 unspecified atom stereocenters. The van der Waals surface area contributed by atoms with Gasteiger partial charge in [-0.2, -0.15) is 5.10 Å². The van der Waals surface area contributed by atoms with Crippen LogP contribution in [0.3, 0.4) is 0 Å².